The van der Waals surface area contributed by atoms with Crippen molar-refractivity contribution in [1.82, 2.24) is 19.1 Å². The van der Waals surface area contributed by atoms with Gasteiger partial charge in [0.2, 0.25) is 5.69 Å². The first-order chi connectivity index (χ1) is 10.2. The lowest BCUT2D eigenvalue weighted by molar-refractivity contribution is 0.779. The zero-order chi connectivity index (χ0) is 17.0. The second kappa shape index (κ2) is 6.34. The molecule has 0 unspecified atom stereocenters. The molecule has 6 N–H and O–H groups in total. The molecule has 0 saturated carbocycles. The fourth-order valence-electron chi connectivity index (χ4n) is 1.29. The Hall–Kier alpha value is -3.44. The number of nitrogens with one attached hydrogen (secondary N) is 2. The van der Waals surface area contributed by atoms with Crippen molar-refractivity contribution in [2.45, 2.75) is 0 Å². The van der Waals surface area contributed by atoms with Crippen LogP contribution in [0.2, 0.25) is 0 Å². The number of nitroso groups, excluding NO2 is 1. The zero-order valence-electron chi connectivity index (χ0n) is 11.6. The van der Waals surface area contributed by atoms with E-state index < -0.39 is 28.2 Å². The fraction of sp³-hybridized carbons (Fsp3) is 0.200. The summed E-state index contributed by atoms with van der Waals surface area (Å²) in [6.45, 7) is 0. The maximum absolute atomic E-state index is 11.0. The van der Waals surface area contributed by atoms with E-state index in [1.54, 1.807) is 0 Å². The third kappa shape index (κ3) is 3.36. The average Bonchev–Trinajstić information content (AvgIpc) is 2.43. The summed E-state index contributed by atoms with van der Waals surface area (Å²) in [4.78, 5) is 57.6. The molecule has 0 aromatic carbocycles. The van der Waals surface area contributed by atoms with Crippen molar-refractivity contribution < 1.29 is 0 Å². The van der Waals surface area contributed by atoms with Gasteiger partial charge < -0.3 is 11.5 Å². The summed E-state index contributed by atoms with van der Waals surface area (Å²) in [7, 11) is 2.59. The Morgan fingerprint density at radius 3 is 2.05 bits per heavy atom. The highest BCUT2D eigenvalue weighted by molar-refractivity contribution is 5.54. The largest absolute Gasteiger partial charge is 0.385 e. The third-order valence-corrected chi connectivity index (χ3v) is 2.57. The van der Waals surface area contributed by atoms with Gasteiger partial charge in [-0.05, 0) is 5.18 Å². The fourth-order valence-corrected chi connectivity index (χ4v) is 1.29. The van der Waals surface area contributed by atoms with Gasteiger partial charge in [0.05, 0.1) is 0 Å². The quantitative estimate of drug-likeness (QED) is 0.425. The molecule has 12 heteroatoms. The minimum atomic E-state index is -0.800. The summed E-state index contributed by atoms with van der Waals surface area (Å²) in [5, 5.41) is 2.39. The molecular formula is C10H13N7O5. The predicted molar refractivity (Wildman–Crippen MR) is 78.9 cm³/mol. The number of hydrogen-bond acceptors (Lipinski definition) is 8. The van der Waals surface area contributed by atoms with Gasteiger partial charge in [-0.3, -0.25) is 28.7 Å². The molecule has 0 aliphatic carbocycles. The van der Waals surface area contributed by atoms with Gasteiger partial charge in [0.15, 0.2) is 0 Å². The van der Waals surface area contributed by atoms with Crippen molar-refractivity contribution in [3.8, 4) is 0 Å². The first-order valence-electron chi connectivity index (χ1n) is 5.67. The molecular weight excluding hydrogens is 298 g/mol. The van der Waals surface area contributed by atoms with Crippen molar-refractivity contribution in [3.63, 3.8) is 0 Å². The molecule has 0 spiro atoms. The van der Waals surface area contributed by atoms with Crippen LogP contribution in [0.3, 0.4) is 0 Å². The number of nitrogens with two attached hydrogens (primary N) is 2. The predicted octanol–water partition coefficient (Wildman–Crippen LogP) is -2.29. The maximum Gasteiger partial charge on any atom is 0.329 e. The Labute approximate surface area is 121 Å². The van der Waals surface area contributed by atoms with Crippen LogP contribution in [-0.2, 0) is 14.1 Å². The number of aromatic amines is 2. The summed E-state index contributed by atoms with van der Waals surface area (Å²) in [6.07, 6.45) is 0. The van der Waals surface area contributed by atoms with Crippen LogP contribution in [0.1, 0.15) is 0 Å². The molecule has 0 aliphatic heterocycles. The summed E-state index contributed by atoms with van der Waals surface area (Å²) in [6, 6.07) is 1.15. The van der Waals surface area contributed by atoms with Crippen LogP contribution in [0.5, 0.6) is 0 Å². The lowest BCUT2D eigenvalue weighted by atomic mass is 10.5. The van der Waals surface area contributed by atoms with Gasteiger partial charge in [-0.25, -0.2) is 9.59 Å². The zero-order valence-corrected chi connectivity index (χ0v) is 11.6. The number of nitrogen functional groups attached to an aromatic ring is 2. The van der Waals surface area contributed by atoms with Crippen LogP contribution in [0.25, 0.3) is 0 Å². The van der Waals surface area contributed by atoms with Crippen molar-refractivity contribution in [2.75, 3.05) is 11.5 Å². The first kappa shape index (κ1) is 16.6. The number of H-pyrrole nitrogens is 2. The lowest BCUT2D eigenvalue weighted by Crippen LogP contribution is -2.33. The number of hydrogen-bond donors (Lipinski definition) is 4. The van der Waals surface area contributed by atoms with E-state index in [1.165, 1.54) is 14.1 Å². The van der Waals surface area contributed by atoms with Gasteiger partial charge in [-0.2, -0.15) is 0 Å². The monoisotopic (exact) mass is 311 g/mol. The topological polar surface area (TPSA) is 191 Å². The Balaban J connectivity index is 0.000000224. The van der Waals surface area contributed by atoms with Crippen LogP contribution in [-0.4, -0.2) is 19.1 Å². The van der Waals surface area contributed by atoms with Gasteiger partial charge >= 0.3 is 11.4 Å². The average molecular weight is 311 g/mol. The van der Waals surface area contributed by atoms with Gasteiger partial charge in [0.1, 0.15) is 11.6 Å². The Morgan fingerprint density at radius 2 is 1.55 bits per heavy atom. The van der Waals surface area contributed by atoms with Crippen LogP contribution in [0.15, 0.2) is 30.4 Å². The summed E-state index contributed by atoms with van der Waals surface area (Å²) >= 11 is 0. The molecule has 2 aromatic heterocycles. The number of anilines is 2. The normalized spacial score (nSPS) is 9.73. The molecule has 118 valence electrons. The molecule has 2 heterocycles. The molecule has 2 aromatic rings. The number of nitrogens with zero attached hydrogens (tertiary/aromatic N) is 3. The second-order valence-electron chi connectivity index (χ2n) is 4.07. The van der Waals surface area contributed by atoms with Gasteiger partial charge in [0.25, 0.3) is 11.1 Å². The van der Waals surface area contributed by atoms with E-state index in [0.29, 0.717) is 4.57 Å². The van der Waals surface area contributed by atoms with E-state index in [-0.39, 0.29) is 11.6 Å². The van der Waals surface area contributed by atoms with Crippen LogP contribution in [0.4, 0.5) is 17.3 Å². The second-order valence-corrected chi connectivity index (χ2v) is 4.07. The SMILES string of the molecule is Cn1c(=O)[nH]c(N)c(N=O)c1=O.Cn1c(=O)cc(N)[nH]c1=O. The van der Waals surface area contributed by atoms with Gasteiger partial charge in [-0.15, -0.1) is 4.91 Å². The van der Waals surface area contributed by atoms with E-state index in [2.05, 4.69) is 15.1 Å². The van der Waals surface area contributed by atoms with Crippen LogP contribution >= 0.6 is 0 Å². The minimum Gasteiger partial charge on any atom is -0.385 e. The Kier molecular flexibility index (Phi) is 4.79. The molecule has 12 nitrogen and oxygen atoms in total. The molecule has 0 fully saturated rings. The summed E-state index contributed by atoms with van der Waals surface area (Å²) in [5.41, 5.74) is 7.45. The van der Waals surface area contributed by atoms with E-state index in [0.717, 1.165) is 10.6 Å². The van der Waals surface area contributed by atoms with E-state index in [1.807, 2.05) is 0 Å². The molecule has 0 radical (unpaired) electrons. The highest BCUT2D eigenvalue weighted by atomic mass is 16.3. The van der Waals surface area contributed by atoms with Crippen molar-refractivity contribution in [3.05, 3.63) is 52.6 Å². The van der Waals surface area contributed by atoms with Crippen LogP contribution < -0.4 is 34.0 Å². The molecule has 0 bridgehead atoms. The molecule has 22 heavy (non-hydrogen) atoms. The smallest absolute Gasteiger partial charge is 0.329 e. The van der Waals surface area contributed by atoms with Crippen molar-refractivity contribution >= 4 is 17.3 Å². The summed E-state index contributed by atoms with van der Waals surface area (Å²) < 4.78 is 1.66. The Morgan fingerprint density at radius 1 is 1.00 bits per heavy atom. The Bertz CT molecular complexity index is 901. The first-order valence-corrected chi connectivity index (χ1v) is 5.67. The van der Waals surface area contributed by atoms with Gasteiger partial charge in [0, 0.05) is 20.2 Å². The molecule has 0 saturated heterocycles. The summed E-state index contributed by atoms with van der Waals surface area (Å²) in [5.74, 6) is -0.216. The van der Waals surface area contributed by atoms with Crippen molar-refractivity contribution in [1.29, 1.82) is 0 Å². The molecule has 2 rings (SSSR count). The highest BCUT2D eigenvalue weighted by Gasteiger charge is 2.08. The molecule has 0 atom stereocenters. The van der Waals surface area contributed by atoms with Crippen LogP contribution in [0, 0.1) is 4.91 Å². The minimum absolute atomic E-state index is 0.0908. The maximum atomic E-state index is 11.0. The molecule has 0 amide bonds. The number of aromatic nitrogens is 4. The van der Waals surface area contributed by atoms with Crippen molar-refractivity contribution in [2.24, 2.45) is 19.3 Å². The molecule has 0 aliphatic rings. The van der Waals surface area contributed by atoms with E-state index in [4.69, 9.17) is 11.5 Å². The highest BCUT2D eigenvalue weighted by Crippen LogP contribution is 2.08. The number of rotatable bonds is 1. The third-order valence-electron chi connectivity index (χ3n) is 2.57. The van der Waals surface area contributed by atoms with E-state index in [9.17, 15) is 24.1 Å². The van der Waals surface area contributed by atoms with Gasteiger partial charge in [-0.1, -0.05) is 0 Å². The lowest BCUT2D eigenvalue weighted by Gasteiger charge is -1.98. The standard InChI is InChI=1S/C5H6N4O3.C5H7N3O2/c1-9-4(10)2(8-12)3(6)7-5(9)11;1-8-4(9)2-3(6)7-5(8)10/h6H2,1H3,(H,7,11);2H,6H2,1H3,(H,7,10). The van der Waals surface area contributed by atoms with E-state index >= 15 is 0 Å².